The van der Waals surface area contributed by atoms with Crippen molar-refractivity contribution < 1.29 is 4.42 Å². The maximum absolute atomic E-state index is 5.51. The van der Waals surface area contributed by atoms with Crippen LogP contribution in [0, 0.1) is 0 Å². The van der Waals surface area contributed by atoms with Crippen molar-refractivity contribution in [2.75, 3.05) is 0 Å². The van der Waals surface area contributed by atoms with Crippen LogP contribution in [0.3, 0.4) is 0 Å². The van der Waals surface area contributed by atoms with E-state index in [0.717, 1.165) is 10.4 Å². The summed E-state index contributed by atoms with van der Waals surface area (Å²) in [6.07, 6.45) is 0. The Morgan fingerprint density at radius 1 is 1.67 bits per heavy atom. The fourth-order valence-corrected chi connectivity index (χ4v) is 0.892. The predicted octanol–water partition coefficient (Wildman–Crippen LogP) is 2.06. The number of hydrogen-bond donors (Lipinski definition) is 1. The molecule has 0 fully saturated rings. The van der Waals surface area contributed by atoms with Crippen LogP contribution in [0.5, 0.6) is 0 Å². The lowest BCUT2D eigenvalue weighted by Crippen LogP contribution is -2.02. The zero-order chi connectivity index (χ0) is 6.85. The molecule has 0 aliphatic carbocycles. The van der Waals surface area contributed by atoms with Gasteiger partial charge in [0.15, 0.2) is 4.67 Å². The molecule has 0 saturated carbocycles. The van der Waals surface area contributed by atoms with Crippen LogP contribution in [0.4, 0.5) is 0 Å². The van der Waals surface area contributed by atoms with E-state index in [9.17, 15) is 0 Å². The van der Waals surface area contributed by atoms with E-state index in [0.29, 0.717) is 0 Å². The number of nitrogens with two attached hydrogens (primary N) is 1. The summed E-state index contributed by atoms with van der Waals surface area (Å²) in [7, 11) is 0. The van der Waals surface area contributed by atoms with Gasteiger partial charge in [-0.15, -0.1) is 0 Å². The maximum atomic E-state index is 5.51. The van der Waals surface area contributed by atoms with Crippen LogP contribution in [0.25, 0.3) is 0 Å². The van der Waals surface area contributed by atoms with Crippen LogP contribution in [0.1, 0.15) is 18.7 Å². The summed E-state index contributed by atoms with van der Waals surface area (Å²) in [4.78, 5) is 0. The zero-order valence-electron chi connectivity index (χ0n) is 5.10. The molecule has 50 valence electrons. The Morgan fingerprint density at radius 2 is 2.33 bits per heavy atom. The van der Waals surface area contributed by atoms with Gasteiger partial charge in [-0.1, -0.05) is 0 Å². The average molecular weight is 190 g/mol. The number of furan rings is 1. The van der Waals surface area contributed by atoms with Gasteiger partial charge in [0.1, 0.15) is 5.76 Å². The lowest BCUT2D eigenvalue weighted by Gasteiger charge is -1.96. The molecule has 0 spiro atoms. The molecule has 0 amide bonds. The Balaban J connectivity index is 2.85. The first-order valence-electron chi connectivity index (χ1n) is 2.71. The first kappa shape index (κ1) is 6.83. The van der Waals surface area contributed by atoms with Crippen LogP contribution in [0.15, 0.2) is 21.2 Å². The van der Waals surface area contributed by atoms with Gasteiger partial charge < -0.3 is 10.2 Å². The fourth-order valence-electron chi connectivity index (χ4n) is 0.573. The van der Waals surface area contributed by atoms with E-state index in [-0.39, 0.29) is 6.04 Å². The molecular formula is C6H8BrNO. The van der Waals surface area contributed by atoms with Gasteiger partial charge in [0, 0.05) is 0 Å². The second kappa shape index (κ2) is 2.54. The molecule has 0 aliphatic rings. The van der Waals surface area contributed by atoms with Crippen molar-refractivity contribution in [3.63, 3.8) is 0 Å². The number of rotatable bonds is 1. The summed E-state index contributed by atoms with van der Waals surface area (Å²) in [6, 6.07) is 3.67. The van der Waals surface area contributed by atoms with Crippen molar-refractivity contribution in [1.82, 2.24) is 0 Å². The molecule has 0 aliphatic heterocycles. The molecule has 0 bridgehead atoms. The summed E-state index contributed by atoms with van der Waals surface area (Å²) in [6.45, 7) is 1.88. The molecule has 2 nitrogen and oxygen atoms in total. The second-order valence-electron chi connectivity index (χ2n) is 1.93. The van der Waals surface area contributed by atoms with E-state index in [4.69, 9.17) is 10.2 Å². The third-order valence-corrected chi connectivity index (χ3v) is 1.47. The van der Waals surface area contributed by atoms with E-state index in [1.165, 1.54) is 0 Å². The van der Waals surface area contributed by atoms with Gasteiger partial charge >= 0.3 is 0 Å². The molecule has 1 aromatic rings. The molecule has 2 N–H and O–H groups in total. The minimum Gasteiger partial charge on any atom is -0.453 e. The normalized spacial score (nSPS) is 13.7. The summed E-state index contributed by atoms with van der Waals surface area (Å²) >= 11 is 3.18. The van der Waals surface area contributed by atoms with Gasteiger partial charge in [0.25, 0.3) is 0 Å². The summed E-state index contributed by atoms with van der Waals surface area (Å²) < 4.78 is 5.87. The molecular weight excluding hydrogens is 182 g/mol. The molecule has 1 rings (SSSR count). The average Bonchev–Trinajstić information content (AvgIpc) is 2.14. The van der Waals surface area contributed by atoms with Gasteiger partial charge in [0.2, 0.25) is 0 Å². The highest BCUT2D eigenvalue weighted by Crippen LogP contribution is 2.17. The standard InChI is InChI=1S/C6H8BrNO/c1-4(8)5-2-3-6(7)9-5/h2-4H,8H2,1H3/t4-/m1/s1. The monoisotopic (exact) mass is 189 g/mol. The van der Waals surface area contributed by atoms with Crippen LogP contribution >= 0.6 is 15.9 Å². The Bertz CT molecular complexity index is 195. The third kappa shape index (κ3) is 1.56. The molecule has 0 aromatic carbocycles. The van der Waals surface area contributed by atoms with Crippen molar-refractivity contribution in [3.8, 4) is 0 Å². The first-order chi connectivity index (χ1) is 4.20. The van der Waals surface area contributed by atoms with Gasteiger partial charge in [-0.2, -0.15) is 0 Å². The Labute approximate surface area is 62.2 Å². The molecule has 0 saturated heterocycles. The predicted molar refractivity (Wildman–Crippen MR) is 39.0 cm³/mol. The Kier molecular flexibility index (Phi) is 1.93. The summed E-state index contributed by atoms with van der Waals surface area (Å²) in [5, 5.41) is 0. The molecule has 1 aromatic heterocycles. The van der Waals surface area contributed by atoms with E-state index in [2.05, 4.69) is 15.9 Å². The van der Waals surface area contributed by atoms with E-state index in [1.54, 1.807) is 0 Å². The second-order valence-corrected chi connectivity index (χ2v) is 2.71. The van der Waals surface area contributed by atoms with Crippen molar-refractivity contribution in [1.29, 1.82) is 0 Å². The number of halogens is 1. The molecule has 0 radical (unpaired) electrons. The molecule has 1 atom stereocenters. The van der Waals surface area contributed by atoms with E-state index in [1.807, 2.05) is 19.1 Å². The van der Waals surface area contributed by atoms with Crippen molar-refractivity contribution >= 4 is 15.9 Å². The molecule has 3 heteroatoms. The quantitative estimate of drug-likeness (QED) is 0.735. The minimum atomic E-state index is -0.0173. The lowest BCUT2D eigenvalue weighted by atomic mass is 10.3. The molecule has 0 unspecified atom stereocenters. The van der Waals surface area contributed by atoms with Gasteiger partial charge in [-0.3, -0.25) is 0 Å². The topological polar surface area (TPSA) is 39.2 Å². The number of hydrogen-bond acceptors (Lipinski definition) is 2. The van der Waals surface area contributed by atoms with E-state index < -0.39 is 0 Å². The fraction of sp³-hybridized carbons (Fsp3) is 0.333. The van der Waals surface area contributed by atoms with Crippen molar-refractivity contribution in [2.24, 2.45) is 5.73 Å². The highest BCUT2D eigenvalue weighted by molar-refractivity contribution is 9.10. The van der Waals surface area contributed by atoms with Gasteiger partial charge in [0.05, 0.1) is 6.04 Å². The van der Waals surface area contributed by atoms with Crippen molar-refractivity contribution in [2.45, 2.75) is 13.0 Å². The van der Waals surface area contributed by atoms with Gasteiger partial charge in [-0.25, -0.2) is 0 Å². The van der Waals surface area contributed by atoms with Crippen LogP contribution in [-0.2, 0) is 0 Å². The van der Waals surface area contributed by atoms with Crippen LogP contribution in [0.2, 0.25) is 0 Å². The smallest absolute Gasteiger partial charge is 0.169 e. The maximum Gasteiger partial charge on any atom is 0.169 e. The SMILES string of the molecule is C[C@@H](N)c1ccc(Br)o1. The van der Waals surface area contributed by atoms with Gasteiger partial charge in [-0.05, 0) is 35.0 Å². The minimum absolute atomic E-state index is 0.0173. The summed E-state index contributed by atoms with van der Waals surface area (Å²) in [5.41, 5.74) is 5.51. The lowest BCUT2D eigenvalue weighted by molar-refractivity contribution is 0.461. The largest absolute Gasteiger partial charge is 0.453 e. The van der Waals surface area contributed by atoms with Crippen LogP contribution < -0.4 is 5.73 Å². The third-order valence-electron chi connectivity index (χ3n) is 1.04. The molecule has 1 heterocycles. The Hall–Kier alpha value is -0.280. The highest BCUT2D eigenvalue weighted by atomic mass is 79.9. The van der Waals surface area contributed by atoms with E-state index >= 15 is 0 Å². The molecule has 9 heavy (non-hydrogen) atoms. The van der Waals surface area contributed by atoms with Crippen molar-refractivity contribution in [3.05, 3.63) is 22.6 Å². The Morgan fingerprint density at radius 3 is 2.56 bits per heavy atom. The zero-order valence-corrected chi connectivity index (χ0v) is 6.68. The highest BCUT2D eigenvalue weighted by Gasteiger charge is 2.02. The van der Waals surface area contributed by atoms with Crippen LogP contribution in [-0.4, -0.2) is 0 Å². The summed E-state index contributed by atoms with van der Waals surface area (Å²) in [5.74, 6) is 0.807. The first-order valence-corrected chi connectivity index (χ1v) is 3.50.